The molecule has 0 radical (unpaired) electrons. The van der Waals surface area contributed by atoms with Gasteiger partial charge in [0.2, 0.25) is 0 Å². The molecule has 164 valence electrons. The van der Waals surface area contributed by atoms with Gasteiger partial charge in [0.05, 0.1) is 15.4 Å². The first-order valence-electron chi connectivity index (χ1n) is 10.3. The quantitative estimate of drug-likeness (QED) is 0.355. The number of carbonyl (C=O) groups is 1. The van der Waals surface area contributed by atoms with E-state index >= 15 is 0 Å². The van der Waals surface area contributed by atoms with E-state index in [1.54, 1.807) is 12.1 Å². The Morgan fingerprint density at radius 3 is 2.15 bits per heavy atom. The van der Waals surface area contributed by atoms with Crippen LogP contribution in [0.4, 0.5) is 11.4 Å². The van der Waals surface area contributed by atoms with E-state index in [0.29, 0.717) is 11.1 Å². The van der Waals surface area contributed by atoms with Gasteiger partial charge in [0, 0.05) is 41.4 Å². The molecule has 1 saturated carbocycles. The maximum atomic E-state index is 13.3. The highest BCUT2D eigenvalue weighted by molar-refractivity contribution is 6.12. The molecule has 33 heavy (non-hydrogen) atoms. The number of rotatable bonds is 4. The third kappa shape index (κ3) is 3.79. The van der Waals surface area contributed by atoms with Crippen molar-refractivity contribution in [3.05, 3.63) is 72.8 Å². The molecule has 1 amide bonds. The number of nitrogens with one attached hydrogen (secondary N) is 1. The van der Waals surface area contributed by atoms with Gasteiger partial charge in [-0.3, -0.25) is 25.0 Å². The summed E-state index contributed by atoms with van der Waals surface area (Å²) < 4.78 is 0. The number of benzene rings is 2. The van der Waals surface area contributed by atoms with Crippen molar-refractivity contribution < 1.29 is 14.6 Å². The van der Waals surface area contributed by atoms with Crippen LogP contribution in [0.3, 0.4) is 0 Å². The summed E-state index contributed by atoms with van der Waals surface area (Å²) in [7, 11) is 0. The van der Waals surface area contributed by atoms with E-state index in [1.165, 1.54) is 30.3 Å². The van der Waals surface area contributed by atoms with E-state index in [0.717, 1.165) is 32.1 Å². The van der Waals surface area contributed by atoms with Crippen LogP contribution >= 0.6 is 0 Å². The van der Waals surface area contributed by atoms with Crippen LogP contribution in [-0.4, -0.2) is 21.8 Å². The predicted molar refractivity (Wildman–Crippen MR) is 117 cm³/mol. The number of allylic oxidation sites excluding steroid dienone is 1. The van der Waals surface area contributed by atoms with Crippen LogP contribution in [0.5, 0.6) is 0 Å². The second-order valence-corrected chi connectivity index (χ2v) is 7.94. The van der Waals surface area contributed by atoms with Gasteiger partial charge >= 0.3 is 0 Å². The van der Waals surface area contributed by atoms with E-state index in [2.05, 4.69) is 5.32 Å². The molecule has 10 nitrogen and oxygen atoms in total. The van der Waals surface area contributed by atoms with Gasteiger partial charge in [-0.25, -0.2) is 0 Å². The minimum atomic E-state index is -0.654. The molecule has 2 aliphatic carbocycles. The molecule has 1 fully saturated rings. The summed E-state index contributed by atoms with van der Waals surface area (Å²) in [4.78, 5) is 35.0. The maximum Gasteiger partial charge on any atom is 0.270 e. The molecule has 0 unspecified atom stereocenters. The summed E-state index contributed by atoms with van der Waals surface area (Å²) in [5.41, 5.74) is 0.170. The number of amides is 1. The first-order chi connectivity index (χ1) is 15.8. The molecule has 0 heterocycles. The summed E-state index contributed by atoms with van der Waals surface area (Å²) in [6.45, 7) is 0. The molecule has 2 aromatic carbocycles. The Bertz CT molecular complexity index is 1310. The molecular formula is C23H17N5O5. The summed E-state index contributed by atoms with van der Waals surface area (Å²) in [5, 5.41) is 44.9. The zero-order chi connectivity index (χ0) is 23.7. The Morgan fingerprint density at radius 2 is 1.55 bits per heavy atom. The molecule has 1 N–H and O–H groups in total. The first kappa shape index (κ1) is 21.7. The van der Waals surface area contributed by atoms with E-state index in [4.69, 9.17) is 0 Å². The topological polar surface area (TPSA) is 163 Å². The summed E-state index contributed by atoms with van der Waals surface area (Å²) in [6, 6.07) is 9.76. The van der Waals surface area contributed by atoms with Gasteiger partial charge in [0.1, 0.15) is 17.7 Å². The Hall–Kier alpha value is -4.57. The highest BCUT2D eigenvalue weighted by Gasteiger charge is 2.34. The number of nitrogens with zero attached hydrogens (tertiary/aromatic N) is 4. The highest BCUT2D eigenvalue weighted by atomic mass is 16.6. The Balaban J connectivity index is 1.98. The van der Waals surface area contributed by atoms with Crippen molar-refractivity contribution >= 4 is 22.9 Å². The van der Waals surface area contributed by atoms with Gasteiger partial charge < -0.3 is 5.32 Å². The Labute approximate surface area is 188 Å². The minimum absolute atomic E-state index is 0.0325. The van der Waals surface area contributed by atoms with Crippen molar-refractivity contribution in [2.45, 2.75) is 38.1 Å². The lowest BCUT2D eigenvalue weighted by Crippen LogP contribution is -2.36. The number of non-ortho nitro benzene ring substituents is 2. The molecular weight excluding hydrogens is 426 g/mol. The number of fused-ring (bicyclic) bond motifs is 3. The molecule has 0 atom stereocenters. The Morgan fingerprint density at radius 1 is 0.909 bits per heavy atom. The van der Waals surface area contributed by atoms with Gasteiger partial charge in [-0.1, -0.05) is 19.3 Å². The van der Waals surface area contributed by atoms with Crippen molar-refractivity contribution in [3.63, 3.8) is 0 Å². The molecule has 2 aliphatic rings. The van der Waals surface area contributed by atoms with Crippen LogP contribution in [0, 0.1) is 42.9 Å². The van der Waals surface area contributed by atoms with E-state index < -0.39 is 15.8 Å². The fraction of sp³-hybridized carbons (Fsp3) is 0.261. The molecule has 2 aromatic rings. The van der Waals surface area contributed by atoms with E-state index in [1.807, 2.05) is 0 Å². The lowest BCUT2D eigenvalue weighted by Gasteiger charge is -2.23. The third-order valence-corrected chi connectivity index (χ3v) is 6.01. The average Bonchev–Trinajstić information content (AvgIpc) is 3.13. The van der Waals surface area contributed by atoms with Gasteiger partial charge in [-0.15, -0.1) is 0 Å². The van der Waals surface area contributed by atoms with Gasteiger partial charge in [-0.05, 0) is 35.6 Å². The number of nitro benzene ring substituents is 2. The highest BCUT2D eigenvalue weighted by Crippen LogP contribution is 2.49. The third-order valence-electron chi connectivity index (χ3n) is 6.01. The van der Waals surface area contributed by atoms with Crippen LogP contribution in [0.2, 0.25) is 0 Å². The number of carbonyl (C=O) groups excluding carboxylic acids is 1. The van der Waals surface area contributed by atoms with Crippen molar-refractivity contribution in [2.75, 3.05) is 0 Å². The van der Waals surface area contributed by atoms with Gasteiger partial charge in [0.15, 0.2) is 0 Å². The van der Waals surface area contributed by atoms with E-state index in [-0.39, 0.29) is 45.3 Å². The van der Waals surface area contributed by atoms with Crippen LogP contribution in [-0.2, 0) is 0 Å². The van der Waals surface area contributed by atoms with Gasteiger partial charge in [-0.2, -0.15) is 10.5 Å². The summed E-state index contributed by atoms with van der Waals surface area (Å²) in [6.07, 6.45) is 4.66. The van der Waals surface area contributed by atoms with Crippen molar-refractivity contribution in [2.24, 2.45) is 0 Å². The summed E-state index contributed by atoms with van der Waals surface area (Å²) >= 11 is 0. The van der Waals surface area contributed by atoms with Crippen LogP contribution in [0.15, 0.2) is 35.9 Å². The molecule has 0 bridgehead atoms. The van der Waals surface area contributed by atoms with Gasteiger partial charge in [0.25, 0.3) is 17.3 Å². The fourth-order valence-electron chi connectivity index (χ4n) is 4.53. The maximum absolute atomic E-state index is 13.3. The van der Waals surface area contributed by atoms with Crippen LogP contribution in [0.1, 0.15) is 53.6 Å². The zero-order valence-corrected chi connectivity index (χ0v) is 17.3. The number of hydrogen-bond donors (Lipinski definition) is 1. The minimum Gasteiger partial charge on any atom is -0.349 e. The first-order valence-corrected chi connectivity index (χ1v) is 10.3. The van der Waals surface area contributed by atoms with Crippen LogP contribution < -0.4 is 5.32 Å². The smallest absolute Gasteiger partial charge is 0.270 e. The Kier molecular flexibility index (Phi) is 5.59. The molecule has 0 aliphatic heterocycles. The number of nitriles is 2. The van der Waals surface area contributed by atoms with Crippen molar-refractivity contribution in [1.29, 1.82) is 10.5 Å². The average molecular weight is 443 g/mol. The summed E-state index contributed by atoms with van der Waals surface area (Å²) in [5.74, 6) is -0.497. The fourth-order valence-corrected chi connectivity index (χ4v) is 4.53. The monoisotopic (exact) mass is 443 g/mol. The number of hydrogen-bond acceptors (Lipinski definition) is 7. The largest absolute Gasteiger partial charge is 0.349 e. The van der Waals surface area contributed by atoms with Crippen molar-refractivity contribution in [1.82, 2.24) is 5.32 Å². The molecule has 0 aromatic heterocycles. The standard InChI is InChI=1S/C23H17N5O5/c24-11-13(12-25)21-18-8-15(27(30)31)6-7-17(18)22-19(21)9-16(28(32)33)10-20(22)23(29)26-14-4-2-1-3-5-14/h6-10,14H,1-5H2,(H,26,29). The SMILES string of the molecule is N#CC(C#N)=C1c2cc([N+](=O)[O-])ccc2-c2c(C(=O)NC3CCCCC3)cc([N+](=O)[O-])cc21. The predicted octanol–water partition coefficient (Wildman–Crippen LogP) is 4.39. The molecule has 10 heteroatoms. The second kappa shape index (κ2) is 8.52. The lowest BCUT2D eigenvalue weighted by molar-refractivity contribution is -0.385. The number of nitro groups is 2. The van der Waals surface area contributed by atoms with Crippen LogP contribution in [0.25, 0.3) is 16.7 Å². The normalized spacial score (nSPS) is 14.4. The van der Waals surface area contributed by atoms with Crippen molar-refractivity contribution in [3.8, 4) is 23.3 Å². The molecule has 0 saturated heterocycles. The molecule has 0 spiro atoms. The molecule has 4 rings (SSSR count). The zero-order valence-electron chi connectivity index (χ0n) is 17.3. The second-order valence-electron chi connectivity index (χ2n) is 7.94. The van der Waals surface area contributed by atoms with E-state index in [9.17, 15) is 35.5 Å². The lowest BCUT2D eigenvalue weighted by atomic mass is 9.93.